The van der Waals surface area contributed by atoms with E-state index in [0.717, 1.165) is 51.5 Å². The van der Waals surface area contributed by atoms with Gasteiger partial charge in [0.15, 0.2) is 12.6 Å². The van der Waals surface area contributed by atoms with Gasteiger partial charge in [0, 0.05) is 37.7 Å². The minimum Gasteiger partial charge on any atom is -0.468 e. The second-order valence-corrected chi connectivity index (χ2v) is 13.1. The number of hydrogen-bond donors (Lipinski definition) is 1. The Morgan fingerprint density at radius 1 is 1.11 bits per heavy atom. The van der Waals surface area contributed by atoms with Crippen molar-refractivity contribution in [3.8, 4) is 35.4 Å². The van der Waals surface area contributed by atoms with Crippen molar-refractivity contribution >= 4 is 27.5 Å². The lowest BCUT2D eigenvalue weighted by atomic mass is 9.75. The van der Waals surface area contributed by atoms with Crippen LogP contribution in [0.5, 0.6) is 11.8 Å². The van der Waals surface area contributed by atoms with Crippen molar-refractivity contribution in [2.24, 2.45) is 0 Å². The summed E-state index contributed by atoms with van der Waals surface area (Å²) in [5, 5.41) is 4.76. The summed E-state index contributed by atoms with van der Waals surface area (Å²) in [6.45, 7) is 1.47. The average Bonchev–Trinajstić information content (AvgIpc) is 3.62. The van der Waals surface area contributed by atoms with Crippen LogP contribution < -0.4 is 14.8 Å². The van der Waals surface area contributed by atoms with Gasteiger partial charge in [0.25, 0.3) is 0 Å². The monoisotopic (exact) mass is 643 g/mol. The van der Waals surface area contributed by atoms with Crippen LogP contribution >= 0.6 is 0 Å². The fourth-order valence-corrected chi connectivity index (χ4v) is 7.42. The van der Waals surface area contributed by atoms with Gasteiger partial charge < -0.3 is 24.4 Å². The van der Waals surface area contributed by atoms with Gasteiger partial charge >= 0.3 is 6.01 Å². The number of likely N-dealkylation sites (N-methyl/N-ethyl adjacent to an activating group) is 1. The van der Waals surface area contributed by atoms with Gasteiger partial charge in [-0.3, -0.25) is 9.88 Å². The molecule has 3 fully saturated rings. The molecule has 2 aromatic carbocycles. The molecule has 11 heteroatoms. The number of anilines is 1. The van der Waals surface area contributed by atoms with Crippen LogP contribution in [0, 0.1) is 24.0 Å². The summed E-state index contributed by atoms with van der Waals surface area (Å²) < 4.78 is 57.6. The first-order chi connectivity index (χ1) is 23.2. The van der Waals surface area contributed by atoms with E-state index in [1.807, 2.05) is 0 Å². The highest BCUT2D eigenvalue weighted by Crippen LogP contribution is 2.41. The SMILES string of the molecule is [2H][C@@H]1CCC2(COc3nc(NCC4(N(C)C)CCC4)c4cnc(-c5cc(OCOC)cc6ccc(F)c(C#C)c56)c(F)c4n3)CCCN12. The lowest BCUT2D eigenvalue weighted by molar-refractivity contribution is 0.0512. The highest BCUT2D eigenvalue weighted by atomic mass is 19.1. The van der Waals surface area contributed by atoms with E-state index in [9.17, 15) is 0 Å². The zero-order valence-corrected chi connectivity index (χ0v) is 27.0. The molecular weight excluding hydrogens is 602 g/mol. The van der Waals surface area contributed by atoms with Crippen molar-refractivity contribution in [1.29, 1.82) is 0 Å². The summed E-state index contributed by atoms with van der Waals surface area (Å²) in [6, 6.07) is 6.17. The number of pyridine rings is 1. The van der Waals surface area contributed by atoms with E-state index >= 15 is 8.78 Å². The maximum absolute atomic E-state index is 17.0. The van der Waals surface area contributed by atoms with E-state index in [-0.39, 0.29) is 52.7 Å². The van der Waals surface area contributed by atoms with Crippen molar-refractivity contribution in [3.05, 3.63) is 47.7 Å². The van der Waals surface area contributed by atoms with E-state index in [4.69, 9.17) is 27.0 Å². The number of nitrogens with one attached hydrogen (secondary N) is 1. The molecule has 3 aliphatic rings. The van der Waals surface area contributed by atoms with Gasteiger partial charge in [-0.25, -0.2) is 8.78 Å². The van der Waals surface area contributed by atoms with Crippen molar-refractivity contribution < 1.29 is 24.4 Å². The highest BCUT2D eigenvalue weighted by molar-refractivity contribution is 6.03. The number of hydrogen-bond acceptors (Lipinski definition) is 9. The first-order valence-electron chi connectivity index (χ1n) is 16.7. The van der Waals surface area contributed by atoms with Crippen LogP contribution in [0.3, 0.4) is 0 Å². The molecule has 1 unspecified atom stereocenters. The summed E-state index contributed by atoms with van der Waals surface area (Å²) in [6.07, 6.45) is 14.1. The number of ether oxygens (including phenoxy) is 3. The summed E-state index contributed by atoms with van der Waals surface area (Å²) in [5.74, 6) is 1.91. The number of benzene rings is 2. The van der Waals surface area contributed by atoms with Crippen molar-refractivity contribution in [2.45, 2.75) is 56.0 Å². The smallest absolute Gasteiger partial charge is 0.319 e. The molecule has 0 bridgehead atoms. The van der Waals surface area contributed by atoms with Crippen LogP contribution in [-0.4, -0.2) is 90.0 Å². The Balaban J connectivity index is 1.35. The van der Waals surface area contributed by atoms with Gasteiger partial charge in [-0.2, -0.15) is 9.97 Å². The van der Waals surface area contributed by atoms with Crippen LogP contribution in [-0.2, 0) is 4.74 Å². The zero-order valence-electron chi connectivity index (χ0n) is 28.0. The molecule has 1 N–H and O–H groups in total. The van der Waals surface area contributed by atoms with Gasteiger partial charge in [0.05, 0.1) is 16.5 Å². The van der Waals surface area contributed by atoms with Crippen LogP contribution in [0.15, 0.2) is 30.5 Å². The molecule has 246 valence electrons. The summed E-state index contributed by atoms with van der Waals surface area (Å²) in [4.78, 5) is 18.4. The summed E-state index contributed by atoms with van der Waals surface area (Å²) >= 11 is 0. The predicted octanol–water partition coefficient (Wildman–Crippen LogP) is 5.99. The molecule has 0 radical (unpaired) electrons. The maximum atomic E-state index is 17.0. The highest BCUT2D eigenvalue weighted by Gasteiger charge is 2.45. The molecule has 2 atom stereocenters. The van der Waals surface area contributed by atoms with Crippen molar-refractivity contribution in [3.63, 3.8) is 0 Å². The predicted molar refractivity (Wildman–Crippen MR) is 178 cm³/mol. The Bertz CT molecular complexity index is 1920. The van der Waals surface area contributed by atoms with E-state index in [0.29, 0.717) is 40.9 Å². The average molecular weight is 644 g/mol. The third-order valence-electron chi connectivity index (χ3n) is 10.3. The molecule has 1 saturated carbocycles. The number of methoxy groups -OCH3 is 1. The van der Waals surface area contributed by atoms with E-state index in [1.165, 1.54) is 19.4 Å². The number of rotatable bonds is 11. The largest absolute Gasteiger partial charge is 0.468 e. The molecule has 4 aromatic rings. The fraction of sp³-hybridized carbons (Fsp3) is 0.472. The van der Waals surface area contributed by atoms with Crippen LogP contribution in [0.25, 0.3) is 32.9 Å². The Hall–Kier alpha value is -4.11. The third kappa shape index (κ3) is 5.52. The van der Waals surface area contributed by atoms with Gasteiger partial charge in [-0.15, -0.1) is 6.42 Å². The van der Waals surface area contributed by atoms with Gasteiger partial charge in [0.1, 0.15) is 35.2 Å². The molecular formula is C36H40F2N6O3. The molecule has 9 nitrogen and oxygen atoms in total. The Kier molecular flexibility index (Phi) is 8.03. The van der Waals surface area contributed by atoms with Gasteiger partial charge in [0.2, 0.25) is 0 Å². The molecule has 4 heterocycles. The summed E-state index contributed by atoms with van der Waals surface area (Å²) in [5.41, 5.74) is -0.0907. The van der Waals surface area contributed by atoms with Crippen LogP contribution in [0.4, 0.5) is 14.6 Å². The molecule has 7 rings (SSSR count). The summed E-state index contributed by atoms with van der Waals surface area (Å²) in [7, 11) is 5.63. The Morgan fingerprint density at radius 3 is 2.68 bits per heavy atom. The lowest BCUT2D eigenvalue weighted by Gasteiger charge is -2.47. The minimum atomic E-state index is -0.723. The standard InChI is InChI=1S/C36H40F2N6O3/c1-5-25-28(37)10-9-23-17-24(47-22-45-4)18-26(29(23)25)31-30(38)32-27(19-39-31)33(40-20-35(43(2)3)11-6-12-35)42-34(41-32)46-21-36-13-7-15-44(36)16-8-14-36/h1,9-10,17-19H,6-8,11-16,20-22H2,2-4H3,(H,40,41,42)/i15D/t15-,36?/m1/s1. The normalized spacial score (nSPS) is 22.2. The second kappa shape index (κ2) is 12.5. The van der Waals surface area contributed by atoms with Crippen molar-refractivity contribution in [2.75, 3.05) is 59.5 Å². The molecule has 2 aliphatic heterocycles. The molecule has 47 heavy (non-hydrogen) atoms. The van der Waals surface area contributed by atoms with Gasteiger partial charge in [-0.1, -0.05) is 12.0 Å². The fourth-order valence-electron chi connectivity index (χ4n) is 7.42. The molecule has 1 aliphatic carbocycles. The molecule has 0 spiro atoms. The van der Waals surface area contributed by atoms with E-state index in [2.05, 4.69) is 45.1 Å². The first-order valence-corrected chi connectivity index (χ1v) is 16.1. The number of nitrogens with zero attached hydrogens (tertiary/aromatic N) is 5. The number of fused-ring (bicyclic) bond motifs is 3. The zero-order chi connectivity index (χ0) is 33.6. The molecule has 2 saturated heterocycles. The van der Waals surface area contributed by atoms with Gasteiger partial charge in [-0.05, 0) is 95.7 Å². The maximum Gasteiger partial charge on any atom is 0.319 e. The topological polar surface area (TPSA) is 84.9 Å². The first kappa shape index (κ1) is 30.2. The third-order valence-corrected chi connectivity index (χ3v) is 10.3. The Labute approximate surface area is 275 Å². The number of aromatic nitrogens is 3. The molecule has 2 aromatic heterocycles. The van der Waals surface area contributed by atoms with E-state index in [1.54, 1.807) is 18.2 Å². The van der Waals surface area contributed by atoms with Crippen LogP contribution in [0.1, 0.15) is 51.9 Å². The quantitative estimate of drug-likeness (QED) is 0.157. The lowest BCUT2D eigenvalue weighted by Crippen LogP contribution is -2.54. The Morgan fingerprint density at radius 2 is 1.94 bits per heavy atom. The number of halogens is 2. The second-order valence-electron chi connectivity index (χ2n) is 13.1. The van der Waals surface area contributed by atoms with Crippen LogP contribution in [0.2, 0.25) is 0 Å². The van der Waals surface area contributed by atoms with Crippen molar-refractivity contribution in [1.82, 2.24) is 24.8 Å². The minimum absolute atomic E-state index is 0.00438. The number of terminal acetylenes is 1. The van der Waals surface area contributed by atoms with E-state index < -0.39 is 11.6 Å². The molecule has 0 amide bonds.